The Hall–Kier alpha value is -4.64. The second-order valence-corrected chi connectivity index (χ2v) is 8.29. The Kier molecular flexibility index (Phi) is 5.15. The van der Waals surface area contributed by atoms with Crippen LogP contribution in [-0.4, -0.2) is 30.8 Å². The molecule has 0 fully saturated rings. The minimum absolute atomic E-state index is 0.694. The van der Waals surface area contributed by atoms with Gasteiger partial charge in [0.05, 0.1) is 25.6 Å². The van der Waals surface area contributed by atoms with Gasteiger partial charge in [0, 0.05) is 27.5 Å². The number of H-pyrrole nitrogens is 1. The lowest BCUT2D eigenvalue weighted by atomic mass is 10.00. The molecular weight excluding hydrogens is 434 g/mol. The summed E-state index contributed by atoms with van der Waals surface area (Å²) < 4.78 is 10.6. The lowest BCUT2D eigenvalue weighted by Crippen LogP contribution is -2.00. The summed E-state index contributed by atoms with van der Waals surface area (Å²) in [5.41, 5.74) is 6.12. The van der Waals surface area contributed by atoms with E-state index >= 15 is 0 Å². The van der Waals surface area contributed by atoms with Crippen molar-refractivity contribution in [3.63, 3.8) is 0 Å². The third kappa shape index (κ3) is 3.67. The summed E-state index contributed by atoms with van der Waals surface area (Å²) >= 11 is 0. The molecule has 0 radical (unpaired) electrons. The van der Waals surface area contributed by atoms with Crippen molar-refractivity contribution in [3.05, 3.63) is 114 Å². The quantitative estimate of drug-likeness (QED) is 0.316. The molecule has 1 aliphatic rings. The maximum absolute atomic E-state index is 5.33. The standard InChI is InChI=1S/C30H23N3O2/c1-34-21-15-11-19(12-16-21)27-23-7-3-5-9-25(23)29(31-27)33-30-26-10-6-4-8-24(26)28(32-30)20-13-17-22(35-2)18-14-20/h3-18,31H,1-2H3. The van der Waals surface area contributed by atoms with Gasteiger partial charge in [-0.1, -0.05) is 48.5 Å². The number of aliphatic imine (C=N–C) groups is 2. The summed E-state index contributed by atoms with van der Waals surface area (Å²) in [4.78, 5) is 13.6. The first-order valence-electron chi connectivity index (χ1n) is 11.4. The van der Waals surface area contributed by atoms with Crippen LogP contribution in [0.2, 0.25) is 0 Å². The van der Waals surface area contributed by atoms with Crippen LogP contribution >= 0.6 is 0 Å². The van der Waals surface area contributed by atoms with E-state index in [1.165, 1.54) is 0 Å². The highest BCUT2D eigenvalue weighted by Crippen LogP contribution is 2.36. The molecule has 0 saturated carbocycles. The van der Waals surface area contributed by atoms with E-state index in [1.54, 1.807) is 14.2 Å². The fourth-order valence-electron chi connectivity index (χ4n) is 4.51. The molecule has 0 bridgehead atoms. The zero-order valence-electron chi connectivity index (χ0n) is 19.4. The van der Waals surface area contributed by atoms with Gasteiger partial charge in [-0.15, -0.1) is 0 Å². The van der Waals surface area contributed by atoms with E-state index in [-0.39, 0.29) is 0 Å². The largest absolute Gasteiger partial charge is 0.497 e. The number of rotatable bonds is 5. The monoisotopic (exact) mass is 457 g/mol. The van der Waals surface area contributed by atoms with Crippen molar-refractivity contribution in [1.29, 1.82) is 0 Å². The Balaban J connectivity index is 1.49. The third-order valence-electron chi connectivity index (χ3n) is 6.30. The van der Waals surface area contributed by atoms with Crippen molar-refractivity contribution < 1.29 is 9.47 Å². The van der Waals surface area contributed by atoms with Gasteiger partial charge >= 0.3 is 0 Å². The normalized spacial score (nSPS) is 13.7. The first-order valence-corrected chi connectivity index (χ1v) is 11.4. The minimum Gasteiger partial charge on any atom is -0.497 e. The van der Waals surface area contributed by atoms with Gasteiger partial charge in [0.25, 0.3) is 0 Å². The first-order chi connectivity index (χ1) is 17.2. The van der Waals surface area contributed by atoms with Crippen molar-refractivity contribution in [2.45, 2.75) is 0 Å². The van der Waals surface area contributed by atoms with Crippen LogP contribution in [-0.2, 0) is 0 Å². The topological polar surface area (TPSA) is 59.0 Å². The number of hydrogen-bond acceptors (Lipinski definition) is 3. The fourth-order valence-corrected chi connectivity index (χ4v) is 4.51. The van der Waals surface area contributed by atoms with Crippen molar-refractivity contribution >= 4 is 28.1 Å². The van der Waals surface area contributed by atoms with Crippen LogP contribution in [0.3, 0.4) is 0 Å². The van der Waals surface area contributed by atoms with E-state index in [2.05, 4.69) is 41.4 Å². The number of ether oxygens (including phenoxy) is 2. The average molecular weight is 458 g/mol. The molecular formula is C30H23N3O2. The molecule has 1 N–H and O–H groups in total. The number of nitrogens with one attached hydrogen (secondary N) is 1. The van der Waals surface area contributed by atoms with Crippen molar-refractivity contribution in [3.8, 4) is 22.8 Å². The van der Waals surface area contributed by atoms with Gasteiger partial charge in [-0.2, -0.15) is 0 Å². The highest BCUT2D eigenvalue weighted by molar-refractivity contribution is 6.29. The maximum atomic E-state index is 5.33. The van der Waals surface area contributed by atoms with Crippen LogP contribution in [0.25, 0.3) is 22.0 Å². The second kappa shape index (κ2) is 8.61. The zero-order valence-corrected chi connectivity index (χ0v) is 19.4. The smallest absolute Gasteiger partial charge is 0.162 e. The molecule has 0 aliphatic carbocycles. The van der Waals surface area contributed by atoms with E-state index in [0.717, 1.165) is 61.7 Å². The van der Waals surface area contributed by atoms with Gasteiger partial charge in [-0.3, -0.25) is 0 Å². The van der Waals surface area contributed by atoms with Crippen LogP contribution < -0.4 is 9.47 Å². The minimum atomic E-state index is 0.694. The molecule has 170 valence electrons. The molecule has 1 aromatic heterocycles. The van der Waals surface area contributed by atoms with Crippen molar-refractivity contribution in [1.82, 2.24) is 4.98 Å². The third-order valence-corrected chi connectivity index (χ3v) is 6.30. The molecule has 6 rings (SSSR count). The van der Waals surface area contributed by atoms with Crippen LogP contribution in [0.4, 0.5) is 5.82 Å². The number of aromatic amines is 1. The summed E-state index contributed by atoms with van der Waals surface area (Å²) in [6, 6.07) is 32.5. The maximum Gasteiger partial charge on any atom is 0.162 e. The number of hydrogen-bond donors (Lipinski definition) is 1. The molecule has 0 spiro atoms. The van der Waals surface area contributed by atoms with Crippen LogP contribution in [0, 0.1) is 0 Å². The molecule has 5 aromatic rings. The van der Waals surface area contributed by atoms with E-state index in [9.17, 15) is 0 Å². The predicted molar refractivity (Wildman–Crippen MR) is 142 cm³/mol. The molecule has 1 aliphatic heterocycles. The Morgan fingerprint density at radius 3 is 1.86 bits per heavy atom. The van der Waals surface area contributed by atoms with E-state index < -0.39 is 0 Å². The zero-order chi connectivity index (χ0) is 23.8. The molecule has 5 nitrogen and oxygen atoms in total. The molecule has 0 unspecified atom stereocenters. The number of aromatic nitrogens is 1. The lowest BCUT2D eigenvalue weighted by molar-refractivity contribution is 0.414. The number of nitrogens with zero attached hydrogens (tertiary/aromatic N) is 2. The van der Waals surface area contributed by atoms with Gasteiger partial charge < -0.3 is 14.5 Å². The fraction of sp³-hybridized carbons (Fsp3) is 0.0667. The predicted octanol–water partition coefficient (Wildman–Crippen LogP) is 6.78. The van der Waals surface area contributed by atoms with E-state index in [0.29, 0.717) is 5.84 Å². The average Bonchev–Trinajstić information content (AvgIpc) is 3.48. The Bertz CT molecular complexity index is 1590. The van der Waals surface area contributed by atoms with E-state index in [1.807, 2.05) is 60.7 Å². The molecule has 0 atom stereocenters. The van der Waals surface area contributed by atoms with E-state index in [4.69, 9.17) is 19.5 Å². The number of fused-ring (bicyclic) bond motifs is 2. The van der Waals surface area contributed by atoms with Crippen LogP contribution in [0.1, 0.15) is 16.7 Å². The number of amidine groups is 1. The summed E-state index contributed by atoms with van der Waals surface area (Å²) in [5, 5.41) is 2.17. The number of benzene rings is 4. The molecule has 35 heavy (non-hydrogen) atoms. The molecule has 0 saturated heterocycles. The van der Waals surface area contributed by atoms with Gasteiger partial charge in [-0.25, -0.2) is 9.98 Å². The van der Waals surface area contributed by atoms with Gasteiger partial charge in [0.2, 0.25) is 0 Å². The number of methoxy groups -OCH3 is 2. The molecule has 2 heterocycles. The summed E-state index contributed by atoms with van der Waals surface area (Å²) in [6.07, 6.45) is 0. The van der Waals surface area contributed by atoms with Crippen molar-refractivity contribution in [2.24, 2.45) is 9.98 Å². The Morgan fingerprint density at radius 2 is 1.20 bits per heavy atom. The van der Waals surface area contributed by atoms with Gasteiger partial charge in [-0.05, 0) is 54.1 Å². The summed E-state index contributed by atoms with van der Waals surface area (Å²) in [5.74, 6) is 3.13. The first kappa shape index (κ1) is 20.9. The summed E-state index contributed by atoms with van der Waals surface area (Å²) in [7, 11) is 3.34. The highest BCUT2D eigenvalue weighted by Gasteiger charge is 2.23. The Labute approximate surface area is 203 Å². The molecule has 0 amide bonds. The Morgan fingerprint density at radius 1 is 0.629 bits per heavy atom. The molecule has 5 heteroatoms. The molecule has 4 aromatic carbocycles. The SMILES string of the molecule is COc1ccc(C2=NC(=Nc3[nH]c(-c4ccc(OC)cc4)c4ccccc34)c3ccccc32)cc1. The lowest BCUT2D eigenvalue weighted by Gasteiger charge is -2.04. The van der Waals surface area contributed by atoms with Crippen molar-refractivity contribution in [2.75, 3.05) is 14.2 Å². The highest BCUT2D eigenvalue weighted by atomic mass is 16.5. The van der Waals surface area contributed by atoms with Gasteiger partial charge in [0.15, 0.2) is 5.84 Å². The van der Waals surface area contributed by atoms with Crippen LogP contribution in [0.15, 0.2) is 107 Å². The second-order valence-electron chi connectivity index (χ2n) is 8.29. The van der Waals surface area contributed by atoms with Crippen LogP contribution in [0.5, 0.6) is 11.5 Å². The summed E-state index contributed by atoms with van der Waals surface area (Å²) in [6.45, 7) is 0. The van der Waals surface area contributed by atoms with Gasteiger partial charge in [0.1, 0.15) is 17.3 Å².